The summed E-state index contributed by atoms with van der Waals surface area (Å²) in [4.78, 5) is 0. The molecule has 1 aromatic carbocycles. The lowest BCUT2D eigenvalue weighted by Crippen LogP contribution is -2.27. The standard InChI is InChI=1S/C15H21F3O3/c1-5-20-14(21-9-15(16,17)18)8-13-10(2)6-12(19-4)7-11(13)3/h6-7,14H,5,8-9H2,1-4H3. The first-order valence-corrected chi connectivity index (χ1v) is 6.71. The summed E-state index contributed by atoms with van der Waals surface area (Å²) in [6.45, 7) is 4.47. The minimum absolute atomic E-state index is 0.269. The van der Waals surface area contributed by atoms with Gasteiger partial charge >= 0.3 is 6.18 Å². The normalized spacial score (nSPS) is 13.3. The number of hydrogen-bond acceptors (Lipinski definition) is 3. The number of aryl methyl sites for hydroxylation is 2. The van der Waals surface area contributed by atoms with Crippen LogP contribution in [0.3, 0.4) is 0 Å². The van der Waals surface area contributed by atoms with Crippen molar-refractivity contribution in [2.75, 3.05) is 20.3 Å². The Labute approximate surface area is 123 Å². The fourth-order valence-corrected chi connectivity index (χ4v) is 2.10. The summed E-state index contributed by atoms with van der Waals surface area (Å²) in [5, 5.41) is 0. The van der Waals surface area contributed by atoms with E-state index in [1.54, 1.807) is 14.0 Å². The molecule has 1 rings (SSSR count). The third-order valence-electron chi connectivity index (χ3n) is 3.06. The minimum Gasteiger partial charge on any atom is -0.497 e. The summed E-state index contributed by atoms with van der Waals surface area (Å²) in [6.07, 6.45) is -5.01. The lowest BCUT2D eigenvalue weighted by molar-refractivity contribution is -0.227. The van der Waals surface area contributed by atoms with E-state index in [-0.39, 0.29) is 13.0 Å². The maximum Gasteiger partial charge on any atom is 0.411 e. The zero-order valence-electron chi connectivity index (χ0n) is 12.7. The van der Waals surface area contributed by atoms with Gasteiger partial charge in [0.15, 0.2) is 6.29 Å². The molecule has 0 amide bonds. The van der Waals surface area contributed by atoms with Crippen molar-refractivity contribution in [1.29, 1.82) is 0 Å². The summed E-state index contributed by atoms with van der Waals surface area (Å²) in [6, 6.07) is 3.68. The van der Waals surface area contributed by atoms with Crippen LogP contribution < -0.4 is 4.74 Å². The van der Waals surface area contributed by atoms with Gasteiger partial charge in [-0.1, -0.05) is 0 Å². The van der Waals surface area contributed by atoms with Gasteiger partial charge in [-0.3, -0.25) is 0 Å². The van der Waals surface area contributed by atoms with Crippen LogP contribution in [0.15, 0.2) is 12.1 Å². The van der Waals surface area contributed by atoms with E-state index in [9.17, 15) is 13.2 Å². The predicted molar refractivity (Wildman–Crippen MR) is 73.6 cm³/mol. The maximum atomic E-state index is 12.3. The van der Waals surface area contributed by atoms with Crippen LogP contribution in [0.25, 0.3) is 0 Å². The van der Waals surface area contributed by atoms with E-state index in [2.05, 4.69) is 0 Å². The molecule has 120 valence electrons. The Hall–Kier alpha value is -1.27. The molecule has 0 fully saturated rings. The molecule has 0 bridgehead atoms. The van der Waals surface area contributed by atoms with E-state index >= 15 is 0 Å². The van der Waals surface area contributed by atoms with Crippen molar-refractivity contribution in [3.05, 3.63) is 28.8 Å². The topological polar surface area (TPSA) is 27.7 Å². The summed E-state index contributed by atoms with van der Waals surface area (Å²) < 4.78 is 52.0. The Balaban J connectivity index is 2.83. The van der Waals surface area contributed by atoms with Gasteiger partial charge in [0.05, 0.1) is 7.11 Å². The average Bonchev–Trinajstić information content (AvgIpc) is 2.38. The minimum atomic E-state index is -4.36. The van der Waals surface area contributed by atoms with Gasteiger partial charge in [0.25, 0.3) is 0 Å². The maximum absolute atomic E-state index is 12.3. The van der Waals surface area contributed by atoms with E-state index in [1.165, 1.54) is 0 Å². The van der Waals surface area contributed by atoms with E-state index in [1.807, 2.05) is 26.0 Å². The van der Waals surface area contributed by atoms with Crippen molar-refractivity contribution in [2.24, 2.45) is 0 Å². The molecule has 0 heterocycles. The van der Waals surface area contributed by atoms with Gasteiger partial charge < -0.3 is 14.2 Å². The molecule has 6 heteroatoms. The highest BCUT2D eigenvalue weighted by molar-refractivity contribution is 5.41. The first kappa shape index (κ1) is 17.8. The van der Waals surface area contributed by atoms with Crippen LogP contribution in [0.2, 0.25) is 0 Å². The molecule has 0 aromatic heterocycles. The van der Waals surface area contributed by atoms with Crippen LogP contribution in [0.1, 0.15) is 23.6 Å². The van der Waals surface area contributed by atoms with Crippen molar-refractivity contribution >= 4 is 0 Å². The molecule has 0 saturated heterocycles. The largest absolute Gasteiger partial charge is 0.497 e. The van der Waals surface area contributed by atoms with E-state index in [0.29, 0.717) is 0 Å². The van der Waals surface area contributed by atoms with Gasteiger partial charge in [-0.05, 0) is 49.6 Å². The van der Waals surface area contributed by atoms with Crippen molar-refractivity contribution in [2.45, 2.75) is 39.7 Å². The van der Waals surface area contributed by atoms with Gasteiger partial charge in [-0.25, -0.2) is 0 Å². The average molecular weight is 306 g/mol. The molecule has 1 atom stereocenters. The highest BCUT2D eigenvalue weighted by Gasteiger charge is 2.29. The van der Waals surface area contributed by atoms with Gasteiger partial charge in [0, 0.05) is 13.0 Å². The molecule has 0 aliphatic heterocycles. The third-order valence-corrected chi connectivity index (χ3v) is 3.06. The summed E-state index contributed by atoms with van der Waals surface area (Å²) >= 11 is 0. The smallest absolute Gasteiger partial charge is 0.411 e. The SMILES string of the molecule is CCOC(Cc1c(C)cc(OC)cc1C)OCC(F)(F)F. The van der Waals surface area contributed by atoms with E-state index < -0.39 is 19.1 Å². The molecular weight excluding hydrogens is 285 g/mol. The number of benzene rings is 1. The van der Waals surface area contributed by atoms with Crippen LogP contribution in [0.5, 0.6) is 5.75 Å². The third kappa shape index (κ3) is 5.93. The van der Waals surface area contributed by atoms with Crippen molar-refractivity contribution in [3.63, 3.8) is 0 Å². The molecule has 0 radical (unpaired) electrons. The lowest BCUT2D eigenvalue weighted by Gasteiger charge is -2.21. The predicted octanol–water partition coefficient (Wildman–Crippen LogP) is 3.80. The van der Waals surface area contributed by atoms with Gasteiger partial charge in [0.2, 0.25) is 0 Å². The zero-order valence-corrected chi connectivity index (χ0v) is 12.7. The van der Waals surface area contributed by atoms with Crippen molar-refractivity contribution in [3.8, 4) is 5.75 Å². The Morgan fingerprint density at radius 2 is 1.67 bits per heavy atom. The number of alkyl halides is 3. The molecule has 0 spiro atoms. The number of rotatable bonds is 7. The quantitative estimate of drug-likeness (QED) is 0.717. The van der Waals surface area contributed by atoms with Crippen LogP contribution >= 0.6 is 0 Å². The van der Waals surface area contributed by atoms with Crippen LogP contribution in [-0.4, -0.2) is 32.8 Å². The molecule has 3 nitrogen and oxygen atoms in total. The Morgan fingerprint density at radius 3 is 2.10 bits per heavy atom. The second kappa shape index (κ2) is 7.66. The summed E-state index contributed by atoms with van der Waals surface area (Å²) in [5.41, 5.74) is 2.79. The Bertz CT molecular complexity index is 435. The van der Waals surface area contributed by atoms with Gasteiger partial charge in [0.1, 0.15) is 12.4 Å². The zero-order chi connectivity index (χ0) is 16.0. The van der Waals surface area contributed by atoms with Crippen LogP contribution in [-0.2, 0) is 15.9 Å². The molecular formula is C15H21F3O3. The molecule has 1 aromatic rings. The first-order valence-electron chi connectivity index (χ1n) is 6.71. The second-order valence-corrected chi connectivity index (χ2v) is 4.75. The number of hydrogen-bond donors (Lipinski definition) is 0. The lowest BCUT2D eigenvalue weighted by atomic mass is 9.99. The van der Waals surface area contributed by atoms with Crippen molar-refractivity contribution < 1.29 is 27.4 Å². The monoisotopic (exact) mass is 306 g/mol. The molecule has 21 heavy (non-hydrogen) atoms. The van der Waals surface area contributed by atoms with E-state index in [4.69, 9.17) is 14.2 Å². The number of ether oxygens (including phenoxy) is 3. The highest BCUT2D eigenvalue weighted by atomic mass is 19.4. The Kier molecular flexibility index (Phi) is 6.48. The first-order chi connectivity index (χ1) is 9.76. The number of halogens is 3. The molecule has 0 aliphatic rings. The molecule has 0 N–H and O–H groups in total. The summed E-state index contributed by atoms with van der Waals surface area (Å²) in [5.74, 6) is 0.720. The van der Waals surface area contributed by atoms with Crippen molar-refractivity contribution in [1.82, 2.24) is 0 Å². The number of methoxy groups -OCH3 is 1. The summed E-state index contributed by atoms with van der Waals surface area (Å²) in [7, 11) is 1.57. The van der Waals surface area contributed by atoms with Crippen LogP contribution in [0.4, 0.5) is 13.2 Å². The fourth-order valence-electron chi connectivity index (χ4n) is 2.10. The molecule has 1 unspecified atom stereocenters. The molecule has 0 aliphatic carbocycles. The Morgan fingerprint density at radius 1 is 1.10 bits per heavy atom. The molecule has 0 saturated carbocycles. The van der Waals surface area contributed by atoms with Gasteiger partial charge in [-0.2, -0.15) is 13.2 Å². The highest BCUT2D eigenvalue weighted by Crippen LogP contribution is 2.24. The second-order valence-electron chi connectivity index (χ2n) is 4.75. The van der Waals surface area contributed by atoms with Gasteiger partial charge in [-0.15, -0.1) is 0 Å². The van der Waals surface area contributed by atoms with Crippen LogP contribution in [0, 0.1) is 13.8 Å². The van der Waals surface area contributed by atoms with E-state index in [0.717, 1.165) is 22.4 Å². The fraction of sp³-hybridized carbons (Fsp3) is 0.600.